The van der Waals surface area contributed by atoms with Gasteiger partial charge in [-0.2, -0.15) is 0 Å². The van der Waals surface area contributed by atoms with Crippen LogP contribution >= 0.6 is 0 Å². The zero-order valence-electron chi connectivity index (χ0n) is 16.9. The number of carbonyl (C=O) groups excluding carboxylic acids is 1. The summed E-state index contributed by atoms with van der Waals surface area (Å²) in [5.41, 5.74) is 4.08. The van der Waals surface area contributed by atoms with Crippen molar-refractivity contribution >= 4 is 11.7 Å². The van der Waals surface area contributed by atoms with Gasteiger partial charge in [0.1, 0.15) is 5.69 Å². The Hall–Kier alpha value is -2.48. The lowest BCUT2D eigenvalue weighted by atomic mass is 9.94. The number of pyridine rings is 1. The molecule has 8 nitrogen and oxygen atoms in total. The quantitative estimate of drug-likeness (QED) is 0.727. The summed E-state index contributed by atoms with van der Waals surface area (Å²) in [4.78, 5) is 19.0. The van der Waals surface area contributed by atoms with E-state index in [1.54, 1.807) is 11.7 Å². The molecular formula is C20H29N5O3. The van der Waals surface area contributed by atoms with Gasteiger partial charge in [-0.25, -0.2) is 9.67 Å². The molecule has 152 valence electrons. The first-order valence-electron chi connectivity index (χ1n) is 9.97. The number of hydrogen-bond donors (Lipinski definition) is 1. The second-order valence-corrected chi connectivity index (χ2v) is 7.15. The number of piperidine rings is 1. The van der Waals surface area contributed by atoms with Crippen LogP contribution in [0.15, 0.2) is 12.1 Å². The Kier molecular flexibility index (Phi) is 6.61. The Morgan fingerprint density at radius 1 is 1.36 bits per heavy atom. The summed E-state index contributed by atoms with van der Waals surface area (Å²) >= 11 is 0. The summed E-state index contributed by atoms with van der Waals surface area (Å²) in [6.07, 6.45) is 3.35. The Morgan fingerprint density at radius 2 is 2.18 bits per heavy atom. The van der Waals surface area contributed by atoms with Crippen molar-refractivity contribution in [3.8, 4) is 11.4 Å². The van der Waals surface area contributed by atoms with E-state index in [0.29, 0.717) is 30.3 Å². The minimum atomic E-state index is -0.134. The highest BCUT2D eigenvalue weighted by molar-refractivity contribution is 5.70. The van der Waals surface area contributed by atoms with Crippen molar-refractivity contribution in [2.24, 2.45) is 13.0 Å². The Bertz CT molecular complexity index is 820. The van der Waals surface area contributed by atoms with E-state index in [9.17, 15) is 9.90 Å². The predicted molar refractivity (Wildman–Crippen MR) is 106 cm³/mol. The van der Waals surface area contributed by atoms with E-state index < -0.39 is 0 Å². The molecule has 0 aromatic carbocycles. The summed E-state index contributed by atoms with van der Waals surface area (Å²) < 4.78 is 6.68. The summed E-state index contributed by atoms with van der Waals surface area (Å²) in [7, 11) is 1.76. The lowest BCUT2D eigenvalue weighted by Gasteiger charge is -2.35. The van der Waals surface area contributed by atoms with Gasteiger partial charge in [-0.15, -0.1) is 5.10 Å². The second kappa shape index (κ2) is 9.14. The van der Waals surface area contributed by atoms with Gasteiger partial charge in [-0.05, 0) is 44.2 Å². The van der Waals surface area contributed by atoms with Crippen LogP contribution in [-0.2, 0) is 29.6 Å². The van der Waals surface area contributed by atoms with Crippen molar-refractivity contribution in [2.75, 3.05) is 24.6 Å². The minimum absolute atomic E-state index is 0.113. The molecule has 1 saturated heterocycles. The number of aliphatic hydroxyl groups is 1. The molecule has 1 fully saturated rings. The van der Waals surface area contributed by atoms with Gasteiger partial charge in [-0.3, -0.25) is 4.79 Å². The number of esters is 1. The number of nitrogens with zero attached hydrogens (tertiary/aromatic N) is 5. The van der Waals surface area contributed by atoms with Gasteiger partial charge in [0.05, 0.1) is 42.4 Å². The van der Waals surface area contributed by atoms with E-state index in [1.807, 2.05) is 13.0 Å². The van der Waals surface area contributed by atoms with Crippen molar-refractivity contribution in [3.63, 3.8) is 0 Å². The Balaban J connectivity index is 1.81. The van der Waals surface area contributed by atoms with E-state index in [0.717, 1.165) is 49.4 Å². The molecule has 3 heterocycles. The molecule has 1 N–H and O–H groups in total. The van der Waals surface area contributed by atoms with E-state index in [1.165, 1.54) is 0 Å². The van der Waals surface area contributed by atoms with Crippen molar-refractivity contribution in [3.05, 3.63) is 23.5 Å². The van der Waals surface area contributed by atoms with Gasteiger partial charge in [0, 0.05) is 20.1 Å². The largest absolute Gasteiger partial charge is 0.466 e. The van der Waals surface area contributed by atoms with Crippen molar-refractivity contribution in [2.45, 2.75) is 46.1 Å². The van der Waals surface area contributed by atoms with E-state index in [-0.39, 0.29) is 12.6 Å². The van der Waals surface area contributed by atoms with Gasteiger partial charge in [0.15, 0.2) is 0 Å². The summed E-state index contributed by atoms with van der Waals surface area (Å²) in [5.74, 6) is 0.191. The van der Waals surface area contributed by atoms with Gasteiger partial charge < -0.3 is 14.7 Å². The molecule has 0 bridgehead atoms. The standard InChI is InChI=1S/C20H29N5O3/c1-4-15-17(25-10-6-7-14(12-25)11-19(27)28-5-2)9-8-16(21-15)20-18(13-26)24(3)23-22-20/h8-9,14,26H,4-7,10-13H2,1-3H3/t14-/m1/s1. The van der Waals surface area contributed by atoms with Gasteiger partial charge in [0.2, 0.25) is 0 Å². The zero-order chi connectivity index (χ0) is 20.1. The first-order valence-corrected chi connectivity index (χ1v) is 9.97. The van der Waals surface area contributed by atoms with Crippen LogP contribution in [0.25, 0.3) is 11.4 Å². The van der Waals surface area contributed by atoms with E-state index >= 15 is 0 Å². The Morgan fingerprint density at radius 3 is 2.89 bits per heavy atom. The molecule has 1 aliphatic rings. The highest BCUT2D eigenvalue weighted by Gasteiger charge is 2.25. The number of aliphatic hydroxyl groups excluding tert-OH is 1. The molecule has 1 aliphatic heterocycles. The molecule has 0 aliphatic carbocycles. The Labute approximate surface area is 165 Å². The van der Waals surface area contributed by atoms with Crippen LogP contribution in [0, 0.1) is 5.92 Å². The molecule has 28 heavy (non-hydrogen) atoms. The van der Waals surface area contributed by atoms with Gasteiger partial charge in [-0.1, -0.05) is 12.1 Å². The molecule has 0 amide bonds. The molecule has 0 spiro atoms. The third-order valence-corrected chi connectivity index (χ3v) is 5.24. The zero-order valence-corrected chi connectivity index (χ0v) is 16.9. The molecule has 2 aromatic rings. The molecule has 2 aromatic heterocycles. The summed E-state index contributed by atoms with van der Waals surface area (Å²) in [5, 5.41) is 17.8. The lowest BCUT2D eigenvalue weighted by Crippen LogP contribution is -2.37. The van der Waals surface area contributed by atoms with E-state index in [4.69, 9.17) is 9.72 Å². The topological polar surface area (TPSA) is 93.4 Å². The van der Waals surface area contributed by atoms with Crippen LogP contribution in [0.4, 0.5) is 5.69 Å². The maximum Gasteiger partial charge on any atom is 0.306 e. The van der Waals surface area contributed by atoms with Crippen LogP contribution in [0.5, 0.6) is 0 Å². The lowest BCUT2D eigenvalue weighted by molar-refractivity contribution is -0.144. The average Bonchev–Trinajstić information content (AvgIpc) is 3.08. The SMILES string of the molecule is CCOC(=O)C[C@H]1CCCN(c2ccc(-c3nnn(C)c3CO)nc2CC)C1. The van der Waals surface area contributed by atoms with Gasteiger partial charge >= 0.3 is 5.97 Å². The van der Waals surface area contributed by atoms with Crippen LogP contribution < -0.4 is 4.90 Å². The average molecular weight is 387 g/mol. The fourth-order valence-corrected chi connectivity index (χ4v) is 3.83. The summed E-state index contributed by atoms with van der Waals surface area (Å²) in [6, 6.07) is 4.01. The molecule has 1 atom stereocenters. The fraction of sp³-hybridized carbons (Fsp3) is 0.600. The number of rotatable bonds is 7. The van der Waals surface area contributed by atoms with Crippen LogP contribution in [-0.4, -0.2) is 50.8 Å². The molecule has 0 unspecified atom stereocenters. The third kappa shape index (κ3) is 4.32. The van der Waals surface area contributed by atoms with E-state index in [2.05, 4.69) is 28.2 Å². The van der Waals surface area contributed by atoms with Crippen LogP contribution in [0.1, 0.15) is 44.5 Å². The number of hydrogen-bond acceptors (Lipinski definition) is 7. The number of carbonyl (C=O) groups is 1. The molecule has 0 saturated carbocycles. The highest BCUT2D eigenvalue weighted by atomic mass is 16.5. The molecule has 8 heteroatoms. The smallest absolute Gasteiger partial charge is 0.306 e. The number of aryl methyl sites for hydroxylation is 2. The van der Waals surface area contributed by atoms with Gasteiger partial charge in [0.25, 0.3) is 0 Å². The van der Waals surface area contributed by atoms with Crippen molar-refractivity contribution < 1.29 is 14.6 Å². The van der Waals surface area contributed by atoms with Crippen LogP contribution in [0.2, 0.25) is 0 Å². The molecular weight excluding hydrogens is 358 g/mol. The number of aromatic nitrogens is 4. The minimum Gasteiger partial charge on any atom is -0.466 e. The first-order chi connectivity index (χ1) is 13.6. The van der Waals surface area contributed by atoms with Crippen molar-refractivity contribution in [1.29, 1.82) is 0 Å². The molecule has 3 rings (SSSR count). The monoisotopic (exact) mass is 387 g/mol. The maximum absolute atomic E-state index is 11.9. The van der Waals surface area contributed by atoms with Crippen LogP contribution in [0.3, 0.4) is 0 Å². The highest BCUT2D eigenvalue weighted by Crippen LogP contribution is 2.30. The van der Waals surface area contributed by atoms with Crippen molar-refractivity contribution in [1.82, 2.24) is 20.0 Å². The predicted octanol–water partition coefficient (Wildman–Crippen LogP) is 2.10. The second-order valence-electron chi connectivity index (χ2n) is 7.15. The number of anilines is 1. The molecule has 0 radical (unpaired) electrons. The fourth-order valence-electron chi connectivity index (χ4n) is 3.83. The third-order valence-electron chi connectivity index (χ3n) is 5.24. The number of ether oxygens (including phenoxy) is 1. The normalized spacial score (nSPS) is 17.0. The maximum atomic E-state index is 11.9. The first kappa shape index (κ1) is 20.3. The summed E-state index contributed by atoms with van der Waals surface area (Å²) in [6.45, 7) is 6.01.